The molecule has 0 fully saturated rings. The average Bonchev–Trinajstić information content (AvgIpc) is 2.98. The fourth-order valence-corrected chi connectivity index (χ4v) is 2.64. The van der Waals surface area contributed by atoms with E-state index in [4.69, 9.17) is 14.2 Å². The molecule has 4 nitrogen and oxygen atoms in total. The van der Waals surface area contributed by atoms with E-state index >= 15 is 0 Å². The van der Waals surface area contributed by atoms with Crippen LogP contribution < -0.4 is 9.47 Å². The minimum absolute atomic E-state index is 0.0873. The minimum Gasteiger partial charge on any atom is -0.457 e. The lowest BCUT2D eigenvalue weighted by molar-refractivity contribution is -0.138. The van der Waals surface area contributed by atoms with E-state index in [0.717, 1.165) is 12.1 Å². The van der Waals surface area contributed by atoms with Crippen molar-refractivity contribution < 1.29 is 32.2 Å². The van der Waals surface area contributed by atoms with Gasteiger partial charge >= 0.3 is 12.1 Å². The van der Waals surface area contributed by atoms with Gasteiger partial charge in [-0.25, -0.2) is 4.79 Å². The second-order valence-corrected chi connectivity index (χ2v) is 5.77. The second kappa shape index (κ2) is 6.35. The van der Waals surface area contributed by atoms with Crippen LogP contribution in [0.5, 0.6) is 11.5 Å². The number of benzene rings is 2. The highest BCUT2D eigenvalue weighted by Gasteiger charge is 2.35. The van der Waals surface area contributed by atoms with Crippen LogP contribution in [-0.4, -0.2) is 12.8 Å². The monoisotopic (exact) mass is 402 g/mol. The van der Waals surface area contributed by atoms with Crippen LogP contribution in [0.3, 0.4) is 0 Å². The summed E-state index contributed by atoms with van der Waals surface area (Å²) in [5.41, 5.74) is -1.00. The molecule has 0 atom stereocenters. The number of esters is 1. The molecule has 1 aliphatic rings. The quantitative estimate of drug-likeness (QED) is 0.706. The Balaban J connectivity index is 1.78. The van der Waals surface area contributed by atoms with Crippen molar-refractivity contribution in [3.05, 3.63) is 57.6 Å². The summed E-state index contributed by atoms with van der Waals surface area (Å²) >= 11 is 3.30. The highest BCUT2D eigenvalue weighted by atomic mass is 79.9. The molecule has 2 aromatic rings. The Morgan fingerprint density at radius 3 is 2.54 bits per heavy atom. The molecule has 8 heteroatoms. The fourth-order valence-electron chi connectivity index (χ4n) is 2.20. The Kier molecular flexibility index (Phi) is 4.40. The summed E-state index contributed by atoms with van der Waals surface area (Å²) in [6, 6.07) is 7.74. The van der Waals surface area contributed by atoms with E-state index in [0.29, 0.717) is 21.5 Å². The minimum atomic E-state index is -4.63. The van der Waals surface area contributed by atoms with Crippen LogP contribution in [-0.2, 0) is 17.5 Å². The summed E-state index contributed by atoms with van der Waals surface area (Å²) in [5, 5.41) is 0. The lowest BCUT2D eigenvalue weighted by atomic mass is 10.1. The standard InChI is InChI=1S/C16H10BrF3O4/c17-12-6-14-13(23-8-24-14)5-9(12)7-22-15(21)10-3-1-2-4-11(10)16(18,19)20/h1-6H,7-8H2. The third-order valence-electron chi connectivity index (χ3n) is 3.35. The van der Waals surface area contributed by atoms with Gasteiger partial charge in [-0.1, -0.05) is 28.1 Å². The number of carbonyl (C=O) groups is 1. The first-order valence-corrected chi connectivity index (χ1v) is 7.57. The first kappa shape index (κ1) is 16.6. The molecule has 0 unspecified atom stereocenters. The maximum absolute atomic E-state index is 12.9. The number of halogens is 4. The van der Waals surface area contributed by atoms with Gasteiger partial charge in [-0.05, 0) is 24.3 Å². The van der Waals surface area contributed by atoms with Crippen molar-refractivity contribution >= 4 is 21.9 Å². The number of rotatable bonds is 3. The van der Waals surface area contributed by atoms with Crippen LogP contribution in [0.15, 0.2) is 40.9 Å². The summed E-state index contributed by atoms with van der Waals surface area (Å²) in [5.74, 6) is -0.0215. The molecule has 0 aliphatic carbocycles. The number of alkyl halides is 3. The van der Waals surface area contributed by atoms with E-state index in [2.05, 4.69) is 15.9 Å². The Hall–Kier alpha value is -2.22. The molecule has 2 aromatic carbocycles. The molecular formula is C16H10BrF3O4. The summed E-state index contributed by atoms with van der Waals surface area (Å²) in [6.45, 7) is -0.119. The number of ether oxygens (including phenoxy) is 3. The molecule has 0 amide bonds. The molecule has 0 aromatic heterocycles. The van der Waals surface area contributed by atoms with Crippen LogP contribution in [0.25, 0.3) is 0 Å². The molecule has 0 saturated carbocycles. The van der Waals surface area contributed by atoms with Crippen molar-refractivity contribution in [1.82, 2.24) is 0 Å². The Morgan fingerprint density at radius 2 is 1.83 bits per heavy atom. The van der Waals surface area contributed by atoms with Crippen LogP contribution in [0.2, 0.25) is 0 Å². The van der Waals surface area contributed by atoms with Gasteiger partial charge in [-0.3, -0.25) is 0 Å². The number of hydrogen-bond acceptors (Lipinski definition) is 4. The normalized spacial score (nSPS) is 13.0. The molecule has 126 valence electrons. The van der Waals surface area contributed by atoms with E-state index < -0.39 is 23.3 Å². The van der Waals surface area contributed by atoms with E-state index in [-0.39, 0.29) is 13.4 Å². The van der Waals surface area contributed by atoms with E-state index in [1.807, 2.05) is 0 Å². The average molecular weight is 403 g/mol. The Morgan fingerprint density at radius 1 is 1.17 bits per heavy atom. The first-order chi connectivity index (χ1) is 11.4. The van der Waals surface area contributed by atoms with Crippen molar-refractivity contribution in [3.63, 3.8) is 0 Å². The molecule has 0 bridgehead atoms. The number of fused-ring (bicyclic) bond motifs is 1. The zero-order chi connectivity index (χ0) is 17.3. The molecule has 0 saturated heterocycles. The molecule has 3 rings (SSSR count). The number of carbonyl (C=O) groups excluding carboxylic acids is 1. The van der Waals surface area contributed by atoms with Gasteiger partial charge in [0.1, 0.15) is 6.61 Å². The van der Waals surface area contributed by atoms with Gasteiger partial charge in [0.15, 0.2) is 11.5 Å². The highest BCUT2D eigenvalue weighted by molar-refractivity contribution is 9.10. The third kappa shape index (κ3) is 3.33. The van der Waals surface area contributed by atoms with Crippen LogP contribution in [0.1, 0.15) is 21.5 Å². The van der Waals surface area contributed by atoms with Gasteiger partial charge in [0.25, 0.3) is 0 Å². The third-order valence-corrected chi connectivity index (χ3v) is 4.09. The topological polar surface area (TPSA) is 44.8 Å². The molecule has 0 spiro atoms. The zero-order valence-corrected chi connectivity index (χ0v) is 13.6. The molecular weight excluding hydrogens is 393 g/mol. The second-order valence-electron chi connectivity index (χ2n) is 4.92. The first-order valence-electron chi connectivity index (χ1n) is 6.77. The van der Waals surface area contributed by atoms with Crippen molar-refractivity contribution in [1.29, 1.82) is 0 Å². The largest absolute Gasteiger partial charge is 0.457 e. The summed E-state index contributed by atoms with van der Waals surface area (Å²) in [4.78, 5) is 12.0. The van der Waals surface area contributed by atoms with Gasteiger partial charge in [0.05, 0.1) is 11.1 Å². The number of hydrogen-bond donors (Lipinski definition) is 0. The SMILES string of the molecule is O=C(OCc1cc2c(cc1Br)OCO2)c1ccccc1C(F)(F)F. The van der Waals surface area contributed by atoms with Crippen LogP contribution >= 0.6 is 15.9 Å². The lowest BCUT2D eigenvalue weighted by Gasteiger charge is -2.12. The maximum atomic E-state index is 12.9. The molecule has 1 heterocycles. The molecule has 0 N–H and O–H groups in total. The van der Waals surface area contributed by atoms with Gasteiger partial charge < -0.3 is 14.2 Å². The summed E-state index contributed by atoms with van der Waals surface area (Å²) in [7, 11) is 0. The van der Waals surface area contributed by atoms with E-state index in [9.17, 15) is 18.0 Å². The van der Waals surface area contributed by atoms with Crippen molar-refractivity contribution in [2.45, 2.75) is 12.8 Å². The summed E-state index contributed by atoms with van der Waals surface area (Å²) < 4.78 is 54.9. The molecule has 1 aliphatic heterocycles. The fraction of sp³-hybridized carbons (Fsp3) is 0.188. The Labute approximate surface area is 143 Å². The summed E-state index contributed by atoms with van der Waals surface area (Å²) in [6.07, 6.45) is -4.63. The van der Waals surface area contributed by atoms with Gasteiger partial charge in [-0.15, -0.1) is 0 Å². The van der Waals surface area contributed by atoms with Gasteiger partial charge in [0.2, 0.25) is 6.79 Å². The zero-order valence-electron chi connectivity index (χ0n) is 12.0. The highest BCUT2D eigenvalue weighted by Crippen LogP contribution is 2.37. The predicted octanol–water partition coefficient (Wildman–Crippen LogP) is 4.55. The van der Waals surface area contributed by atoms with Crippen molar-refractivity contribution in [2.75, 3.05) is 6.79 Å². The van der Waals surface area contributed by atoms with Crippen LogP contribution in [0, 0.1) is 0 Å². The van der Waals surface area contributed by atoms with Crippen LogP contribution in [0.4, 0.5) is 13.2 Å². The van der Waals surface area contributed by atoms with Crippen molar-refractivity contribution in [3.8, 4) is 11.5 Å². The molecule has 0 radical (unpaired) electrons. The lowest BCUT2D eigenvalue weighted by Crippen LogP contribution is -2.15. The predicted molar refractivity (Wildman–Crippen MR) is 80.8 cm³/mol. The van der Waals surface area contributed by atoms with E-state index in [1.165, 1.54) is 12.1 Å². The molecule has 24 heavy (non-hydrogen) atoms. The van der Waals surface area contributed by atoms with Gasteiger partial charge in [0, 0.05) is 10.0 Å². The maximum Gasteiger partial charge on any atom is 0.417 e. The van der Waals surface area contributed by atoms with Gasteiger partial charge in [-0.2, -0.15) is 13.2 Å². The Bertz CT molecular complexity index is 789. The van der Waals surface area contributed by atoms with Crippen molar-refractivity contribution in [2.24, 2.45) is 0 Å². The van der Waals surface area contributed by atoms with E-state index in [1.54, 1.807) is 12.1 Å². The smallest absolute Gasteiger partial charge is 0.417 e.